The number of rotatable bonds is 5. The van der Waals surface area contributed by atoms with Crippen molar-refractivity contribution in [3.63, 3.8) is 0 Å². The third-order valence-corrected chi connectivity index (χ3v) is 3.53. The summed E-state index contributed by atoms with van der Waals surface area (Å²) in [5.41, 5.74) is 0.471. The van der Waals surface area contributed by atoms with E-state index < -0.39 is 23.6 Å². The normalized spacial score (nSPS) is 12.0. The Balaban J connectivity index is 1.65. The fourth-order valence-electron chi connectivity index (χ4n) is 2.33. The lowest BCUT2D eigenvalue weighted by Crippen LogP contribution is -2.34. The largest absolute Gasteiger partial charge is 0.349 e. The van der Waals surface area contributed by atoms with Crippen molar-refractivity contribution in [2.75, 3.05) is 0 Å². The highest BCUT2D eigenvalue weighted by atomic mass is 19.1. The SMILES string of the molecule is CC(Cc1nc(-c2ccccc2)no1)NC(=O)c1cc(F)ccc1F. The smallest absolute Gasteiger partial charge is 0.254 e. The van der Waals surface area contributed by atoms with E-state index in [1.54, 1.807) is 6.92 Å². The highest BCUT2D eigenvalue weighted by molar-refractivity contribution is 5.94. The Morgan fingerprint density at radius 3 is 2.72 bits per heavy atom. The van der Waals surface area contributed by atoms with Crippen LogP contribution >= 0.6 is 0 Å². The number of carbonyl (C=O) groups excluding carboxylic acids is 1. The van der Waals surface area contributed by atoms with Crippen LogP contribution in [0.15, 0.2) is 53.1 Å². The second kappa shape index (κ2) is 7.21. The van der Waals surface area contributed by atoms with Crippen LogP contribution in [0.25, 0.3) is 11.4 Å². The van der Waals surface area contributed by atoms with Crippen molar-refractivity contribution in [3.8, 4) is 11.4 Å². The van der Waals surface area contributed by atoms with Crippen molar-refractivity contribution in [1.82, 2.24) is 15.5 Å². The predicted molar refractivity (Wildman–Crippen MR) is 86.7 cm³/mol. The Morgan fingerprint density at radius 2 is 1.96 bits per heavy atom. The lowest BCUT2D eigenvalue weighted by molar-refractivity contribution is 0.0934. The number of hydrogen-bond donors (Lipinski definition) is 1. The van der Waals surface area contributed by atoms with Crippen molar-refractivity contribution in [1.29, 1.82) is 0 Å². The van der Waals surface area contributed by atoms with Gasteiger partial charge in [-0.2, -0.15) is 4.98 Å². The quantitative estimate of drug-likeness (QED) is 0.771. The number of nitrogens with zero attached hydrogens (tertiary/aromatic N) is 2. The molecule has 0 bridgehead atoms. The van der Waals surface area contributed by atoms with Gasteiger partial charge in [0.15, 0.2) is 0 Å². The van der Waals surface area contributed by atoms with Crippen LogP contribution in [-0.4, -0.2) is 22.1 Å². The molecule has 1 aromatic heterocycles. The highest BCUT2D eigenvalue weighted by Crippen LogP contribution is 2.15. The molecule has 0 aliphatic rings. The van der Waals surface area contributed by atoms with E-state index in [9.17, 15) is 13.6 Å². The maximum Gasteiger partial charge on any atom is 0.254 e. The van der Waals surface area contributed by atoms with E-state index in [1.165, 1.54) is 0 Å². The van der Waals surface area contributed by atoms with E-state index in [4.69, 9.17) is 4.52 Å². The Morgan fingerprint density at radius 1 is 1.20 bits per heavy atom. The fraction of sp³-hybridized carbons (Fsp3) is 0.167. The van der Waals surface area contributed by atoms with Gasteiger partial charge in [0.2, 0.25) is 11.7 Å². The summed E-state index contributed by atoms with van der Waals surface area (Å²) in [5, 5.41) is 6.48. The molecule has 25 heavy (non-hydrogen) atoms. The van der Waals surface area contributed by atoms with Crippen LogP contribution in [0.2, 0.25) is 0 Å². The lowest BCUT2D eigenvalue weighted by atomic mass is 10.1. The average molecular weight is 343 g/mol. The van der Waals surface area contributed by atoms with Gasteiger partial charge in [-0.15, -0.1) is 0 Å². The summed E-state index contributed by atoms with van der Waals surface area (Å²) >= 11 is 0. The number of benzene rings is 2. The summed E-state index contributed by atoms with van der Waals surface area (Å²) in [5.74, 6) is -1.37. The number of carbonyl (C=O) groups is 1. The molecule has 0 spiro atoms. The Kier molecular flexibility index (Phi) is 4.83. The number of halogens is 2. The van der Waals surface area contributed by atoms with Gasteiger partial charge in [0.25, 0.3) is 5.91 Å². The Labute approximate surface area is 142 Å². The molecule has 2 aromatic carbocycles. The summed E-state index contributed by atoms with van der Waals surface area (Å²) in [4.78, 5) is 16.3. The maximum atomic E-state index is 13.6. The van der Waals surface area contributed by atoms with E-state index >= 15 is 0 Å². The Hall–Kier alpha value is -3.09. The molecule has 7 heteroatoms. The molecule has 0 radical (unpaired) electrons. The molecule has 1 atom stereocenters. The third-order valence-electron chi connectivity index (χ3n) is 3.53. The second-order valence-corrected chi connectivity index (χ2v) is 5.58. The number of amides is 1. The first-order valence-electron chi connectivity index (χ1n) is 7.67. The van der Waals surface area contributed by atoms with Gasteiger partial charge >= 0.3 is 0 Å². The van der Waals surface area contributed by atoms with Crippen molar-refractivity contribution in [3.05, 3.63) is 71.6 Å². The van der Waals surface area contributed by atoms with Gasteiger partial charge < -0.3 is 9.84 Å². The first-order valence-corrected chi connectivity index (χ1v) is 7.67. The highest BCUT2D eigenvalue weighted by Gasteiger charge is 2.17. The first kappa shape index (κ1) is 16.8. The molecule has 0 fully saturated rings. The third kappa shape index (κ3) is 4.06. The average Bonchev–Trinajstić information content (AvgIpc) is 3.06. The van der Waals surface area contributed by atoms with Crippen molar-refractivity contribution in [2.45, 2.75) is 19.4 Å². The van der Waals surface area contributed by atoms with Crippen LogP contribution in [0.5, 0.6) is 0 Å². The molecule has 1 amide bonds. The van der Waals surface area contributed by atoms with Crippen molar-refractivity contribution >= 4 is 5.91 Å². The standard InChI is InChI=1S/C18H15F2N3O2/c1-11(21-18(24)14-10-13(19)7-8-15(14)20)9-16-22-17(23-25-16)12-5-3-2-4-6-12/h2-8,10-11H,9H2,1H3,(H,21,24). The van der Waals surface area contributed by atoms with Crippen LogP contribution in [-0.2, 0) is 6.42 Å². The van der Waals surface area contributed by atoms with Gasteiger partial charge in [0.1, 0.15) is 11.6 Å². The minimum atomic E-state index is -0.782. The van der Waals surface area contributed by atoms with E-state index in [-0.39, 0.29) is 12.0 Å². The molecule has 3 aromatic rings. The van der Waals surface area contributed by atoms with Gasteiger partial charge in [-0.25, -0.2) is 8.78 Å². The number of hydrogen-bond acceptors (Lipinski definition) is 4. The molecular formula is C18H15F2N3O2. The van der Waals surface area contributed by atoms with Crippen LogP contribution < -0.4 is 5.32 Å². The summed E-state index contributed by atoms with van der Waals surface area (Å²) in [6.07, 6.45) is 0.266. The molecule has 128 valence electrons. The van der Waals surface area contributed by atoms with Crippen LogP contribution in [0.4, 0.5) is 8.78 Å². The molecular weight excluding hydrogens is 328 g/mol. The topological polar surface area (TPSA) is 68.0 Å². The Bertz CT molecular complexity index is 881. The van der Waals surface area contributed by atoms with Crippen LogP contribution in [0.1, 0.15) is 23.2 Å². The van der Waals surface area contributed by atoms with Crippen molar-refractivity contribution < 1.29 is 18.1 Å². The van der Waals surface area contributed by atoms with Crippen LogP contribution in [0.3, 0.4) is 0 Å². The number of aromatic nitrogens is 2. The molecule has 0 aliphatic carbocycles. The summed E-state index contributed by atoms with van der Waals surface area (Å²) in [7, 11) is 0. The molecule has 0 saturated carbocycles. The van der Waals surface area contributed by atoms with Gasteiger partial charge in [-0.1, -0.05) is 35.5 Å². The summed E-state index contributed by atoms with van der Waals surface area (Å²) < 4.78 is 32.0. The zero-order chi connectivity index (χ0) is 17.8. The second-order valence-electron chi connectivity index (χ2n) is 5.58. The number of nitrogens with one attached hydrogen (secondary N) is 1. The van der Waals surface area contributed by atoms with Gasteiger partial charge in [0, 0.05) is 18.0 Å². The van der Waals surface area contributed by atoms with E-state index in [0.717, 1.165) is 23.8 Å². The molecule has 5 nitrogen and oxygen atoms in total. The lowest BCUT2D eigenvalue weighted by Gasteiger charge is -2.12. The van der Waals surface area contributed by atoms with Gasteiger partial charge in [-0.05, 0) is 25.1 Å². The predicted octanol–water partition coefficient (Wildman–Crippen LogP) is 3.38. The van der Waals surface area contributed by atoms with E-state index in [1.807, 2.05) is 30.3 Å². The van der Waals surface area contributed by atoms with Gasteiger partial charge in [-0.3, -0.25) is 4.79 Å². The fourth-order valence-corrected chi connectivity index (χ4v) is 2.33. The van der Waals surface area contributed by atoms with Crippen molar-refractivity contribution in [2.24, 2.45) is 0 Å². The molecule has 1 unspecified atom stereocenters. The molecule has 0 saturated heterocycles. The molecule has 3 rings (SSSR count). The molecule has 1 heterocycles. The zero-order valence-corrected chi connectivity index (χ0v) is 13.4. The molecule has 0 aliphatic heterocycles. The summed E-state index contributed by atoms with van der Waals surface area (Å²) in [6, 6.07) is 11.6. The zero-order valence-electron chi connectivity index (χ0n) is 13.4. The minimum absolute atomic E-state index is 0.266. The maximum absolute atomic E-state index is 13.6. The first-order chi connectivity index (χ1) is 12.0. The monoisotopic (exact) mass is 343 g/mol. The van der Waals surface area contributed by atoms with E-state index in [2.05, 4.69) is 15.5 Å². The minimum Gasteiger partial charge on any atom is -0.349 e. The van der Waals surface area contributed by atoms with Gasteiger partial charge in [0.05, 0.1) is 5.56 Å². The summed E-state index contributed by atoms with van der Waals surface area (Å²) in [6.45, 7) is 1.71. The van der Waals surface area contributed by atoms with Crippen LogP contribution in [0, 0.1) is 11.6 Å². The molecule has 1 N–H and O–H groups in total. The van der Waals surface area contributed by atoms with E-state index in [0.29, 0.717) is 11.7 Å².